The van der Waals surface area contributed by atoms with Crippen molar-refractivity contribution in [3.63, 3.8) is 0 Å². The van der Waals surface area contributed by atoms with E-state index in [1.807, 2.05) is 0 Å². The molecule has 5 heteroatoms. The first-order valence-electron chi connectivity index (χ1n) is 5.50. The second-order valence-electron chi connectivity index (χ2n) is 3.82. The van der Waals surface area contributed by atoms with E-state index < -0.39 is 17.9 Å². The second kappa shape index (κ2) is 6.18. The third-order valence-electron chi connectivity index (χ3n) is 2.73. The summed E-state index contributed by atoms with van der Waals surface area (Å²) >= 11 is 0. The molecule has 0 aliphatic heterocycles. The van der Waals surface area contributed by atoms with Gasteiger partial charge in [-0.05, 0) is 19.3 Å². The molecule has 5 nitrogen and oxygen atoms in total. The molecule has 0 fully saturated rings. The van der Waals surface area contributed by atoms with Crippen molar-refractivity contribution in [2.45, 2.75) is 25.7 Å². The number of Topliss-reactive ketones (excluding diaryl/α,β-unsaturated/α-hetero) is 1. The van der Waals surface area contributed by atoms with Gasteiger partial charge < -0.3 is 9.47 Å². The first kappa shape index (κ1) is 13.4. The van der Waals surface area contributed by atoms with Crippen LogP contribution in [0, 0.1) is 5.92 Å². The quantitative estimate of drug-likeness (QED) is 0.532. The predicted octanol–water partition coefficient (Wildman–Crippen LogP) is 1.02. The Morgan fingerprint density at radius 1 is 1.24 bits per heavy atom. The van der Waals surface area contributed by atoms with Crippen molar-refractivity contribution in [3.05, 3.63) is 11.6 Å². The summed E-state index contributed by atoms with van der Waals surface area (Å²) in [4.78, 5) is 35.0. The Kier molecular flexibility index (Phi) is 4.87. The number of esters is 2. The Balaban J connectivity index is 3.09. The van der Waals surface area contributed by atoms with Gasteiger partial charge in [0.05, 0.1) is 19.8 Å². The zero-order valence-electron chi connectivity index (χ0n) is 10.0. The zero-order valence-corrected chi connectivity index (χ0v) is 10.0. The molecule has 1 rings (SSSR count). The van der Waals surface area contributed by atoms with E-state index in [0.717, 1.165) is 12.8 Å². The van der Waals surface area contributed by atoms with Crippen LogP contribution in [0.15, 0.2) is 11.6 Å². The second-order valence-corrected chi connectivity index (χ2v) is 3.82. The van der Waals surface area contributed by atoms with Crippen LogP contribution >= 0.6 is 0 Å². The lowest BCUT2D eigenvalue weighted by Crippen LogP contribution is -2.31. The minimum Gasteiger partial charge on any atom is -0.468 e. The first-order valence-corrected chi connectivity index (χ1v) is 5.50. The standard InChI is InChI=1S/C12H16O5/c1-16-11(14)8-6-4-3-5-7-9(13)10(8)12(15)17-2/h6,10H,3-5,7H2,1-2H3/b8-6-/t10-/m0/s1. The lowest BCUT2D eigenvalue weighted by atomic mass is 9.88. The molecule has 0 bridgehead atoms. The topological polar surface area (TPSA) is 69.7 Å². The summed E-state index contributed by atoms with van der Waals surface area (Å²) in [6, 6.07) is 0. The van der Waals surface area contributed by atoms with E-state index >= 15 is 0 Å². The van der Waals surface area contributed by atoms with Gasteiger partial charge in [-0.25, -0.2) is 4.79 Å². The van der Waals surface area contributed by atoms with Crippen LogP contribution in [0.1, 0.15) is 25.7 Å². The number of hydrogen-bond donors (Lipinski definition) is 0. The molecular formula is C12H16O5. The normalized spacial score (nSPS) is 24.0. The Labute approximate surface area is 99.8 Å². The third-order valence-corrected chi connectivity index (χ3v) is 2.73. The fraction of sp³-hybridized carbons (Fsp3) is 0.583. The molecule has 0 spiro atoms. The van der Waals surface area contributed by atoms with Crippen LogP contribution in [-0.4, -0.2) is 31.9 Å². The van der Waals surface area contributed by atoms with Crippen molar-refractivity contribution in [2.75, 3.05) is 14.2 Å². The Morgan fingerprint density at radius 2 is 1.94 bits per heavy atom. The van der Waals surface area contributed by atoms with Gasteiger partial charge in [-0.3, -0.25) is 9.59 Å². The van der Waals surface area contributed by atoms with Gasteiger partial charge in [-0.1, -0.05) is 6.08 Å². The summed E-state index contributed by atoms with van der Waals surface area (Å²) in [5.41, 5.74) is 0.101. The predicted molar refractivity (Wildman–Crippen MR) is 59.1 cm³/mol. The zero-order chi connectivity index (χ0) is 12.8. The fourth-order valence-electron chi connectivity index (χ4n) is 1.83. The molecule has 1 aliphatic rings. The van der Waals surface area contributed by atoms with Gasteiger partial charge in [0.2, 0.25) is 0 Å². The molecule has 94 valence electrons. The van der Waals surface area contributed by atoms with Crippen LogP contribution in [0.5, 0.6) is 0 Å². The Bertz CT molecular complexity index is 356. The Morgan fingerprint density at radius 3 is 2.53 bits per heavy atom. The SMILES string of the molecule is COC(=O)/C1=C\CCCCC(=O)[C@H]1C(=O)OC. The number of carbonyl (C=O) groups excluding carboxylic acids is 3. The molecular weight excluding hydrogens is 224 g/mol. The van der Waals surface area contributed by atoms with E-state index in [1.54, 1.807) is 6.08 Å². The van der Waals surface area contributed by atoms with Crippen molar-refractivity contribution in [2.24, 2.45) is 5.92 Å². The number of methoxy groups -OCH3 is 2. The monoisotopic (exact) mass is 240 g/mol. The minimum atomic E-state index is -1.13. The van der Waals surface area contributed by atoms with Crippen LogP contribution < -0.4 is 0 Å². The molecule has 1 aliphatic carbocycles. The Hall–Kier alpha value is -1.65. The van der Waals surface area contributed by atoms with Gasteiger partial charge in [0, 0.05) is 6.42 Å². The summed E-state index contributed by atoms with van der Waals surface area (Å²) in [7, 11) is 2.42. The molecule has 0 amide bonds. The van der Waals surface area contributed by atoms with E-state index in [9.17, 15) is 14.4 Å². The molecule has 0 heterocycles. The number of rotatable bonds is 2. The average molecular weight is 240 g/mol. The van der Waals surface area contributed by atoms with Crippen LogP contribution in [-0.2, 0) is 23.9 Å². The van der Waals surface area contributed by atoms with Gasteiger partial charge in [0.1, 0.15) is 5.92 Å². The van der Waals surface area contributed by atoms with Gasteiger partial charge in [-0.15, -0.1) is 0 Å². The lowest BCUT2D eigenvalue weighted by Gasteiger charge is -2.17. The van der Waals surface area contributed by atoms with Crippen molar-refractivity contribution in [1.29, 1.82) is 0 Å². The van der Waals surface area contributed by atoms with E-state index in [2.05, 4.69) is 9.47 Å². The van der Waals surface area contributed by atoms with Crippen LogP contribution in [0.3, 0.4) is 0 Å². The third kappa shape index (κ3) is 3.15. The molecule has 0 aromatic rings. The number of ketones is 1. The minimum absolute atomic E-state index is 0.101. The van der Waals surface area contributed by atoms with Crippen LogP contribution in [0.2, 0.25) is 0 Å². The summed E-state index contributed by atoms with van der Waals surface area (Å²) < 4.78 is 9.17. The molecule has 0 unspecified atom stereocenters. The van der Waals surface area contributed by atoms with Crippen molar-refractivity contribution in [1.82, 2.24) is 0 Å². The highest BCUT2D eigenvalue weighted by Crippen LogP contribution is 2.23. The highest BCUT2D eigenvalue weighted by atomic mass is 16.5. The molecule has 0 aromatic carbocycles. The maximum Gasteiger partial charge on any atom is 0.334 e. The van der Waals surface area contributed by atoms with E-state index in [0.29, 0.717) is 6.42 Å². The highest BCUT2D eigenvalue weighted by molar-refractivity contribution is 6.09. The van der Waals surface area contributed by atoms with E-state index in [1.165, 1.54) is 14.2 Å². The largest absolute Gasteiger partial charge is 0.468 e. The number of hydrogen-bond acceptors (Lipinski definition) is 5. The van der Waals surface area contributed by atoms with Crippen LogP contribution in [0.4, 0.5) is 0 Å². The van der Waals surface area contributed by atoms with Crippen molar-refractivity contribution < 1.29 is 23.9 Å². The fourth-order valence-corrected chi connectivity index (χ4v) is 1.83. The van der Waals surface area contributed by atoms with E-state index in [-0.39, 0.29) is 17.8 Å². The van der Waals surface area contributed by atoms with E-state index in [4.69, 9.17) is 0 Å². The van der Waals surface area contributed by atoms with Gasteiger partial charge in [0.25, 0.3) is 0 Å². The molecule has 0 aromatic heterocycles. The number of carbonyl (C=O) groups is 3. The summed E-state index contributed by atoms with van der Waals surface area (Å²) in [6.45, 7) is 0. The lowest BCUT2D eigenvalue weighted by molar-refractivity contribution is -0.151. The van der Waals surface area contributed by atoms with Crippen LogP contribution in [0.25, 0.3) is 0 Å². The van der Waals surface area contributed by atoms with Gasteiger partial charge >= 0.3 is 11.9 Å². The van der Waals surface area contributed by atoms with Crippen molar-refractivity contribution in [3.8, 4) is 0 Å². The molecule has 0 saturated carbocycles. The smallest absolute Gasteiger partial charge is 0.334 e. The first-order chi connectivity index (χ1) is 8.11. The molecule has 0 N–H and O–H groups in total. The molecule has 1 atom stereocenters. The molecule has 0 radical (unpaired) electrons. The summed E-state index contributed by atoms with van der Waals surface area (Å²) in [5, 5.41) is 0. The maximum absolute atomic E-state index is 11.8. The molecule has 0 saturated heterocycles. The summed E-state index contributed by atoms with van der Waals surface area (Å²) in [6.07, 6.45) is 4.08. The maximum atomic E-state index is 11.8. The highest BCUT2D eigenvalue weighted by Gasteiger charge is 2.35. The average Bonchev–Trinajstić information content (AvgIpc) is 2.32. The van der Waals surface area contributed by atoms with Gasteiger partial charge in [0.15, 0.2) is 5.78 Å². The van der Waals surface area contributed by atoms with Crippen molar-refractivity contribution >= 4 is 17.7 Å². The van der Waals surface area contributed by atoms with Gasteiger partial charge in [-0.2, -0.15) is 0 Å². The number of allylic oxidation sites excluding steroid dienone is 1. The molecule has 17 heavy (non-hydrogen) atoms. The summed E-state index contributed by atoms with van der Waals surface area (Å²) in [5.74, 6) is -2.76. The number of ether oxygens (including phenoxy) is 2.